The van der Waals surface area contributed by atoms with E-state index in [0.717, 1.165) is 11.3 Å². The molecule has 158 valence electrons. The molecule has 0 radical (unpaired) electrons. The Morgan fingerprint density at radius 3 is 2.47 bits per heavy atom. The molecule has 2 aromatic rings. The monoisotopic (exact) mass is 409 g/mol. The van der Waals surface area contributed by atoms with E-state index < -0.39 is 5.60 Å². The van der Waals surface area contributed by atoms with E-state index in [-0.39, 0.29) is 30.1 Å². The van der Waals surface area contributed by atoms with E-state index in [0.29, 0.717) is 29.8 Å². The van der Waals surface area contributed by atoms with Crippen molar-refractivity contribution in [3.63, 3.8) is 0 Å². The topological polar surface area (TPSA) is 114 Å². The van der Waals surface area contributed by atoms with E-state index >= 15 is 0 Å². The van der Waals surface area contributed by atoms with Crippen molar-refractivity contribution >= 4 is 23.4 Å². The molecule has 0 aliphatic carbocycles. The second-order valence-corrected chi connectivity index (χ2v) is 8.44. The Bertz CT molecular complexity index is 961. The predicted octanol–water partition coefficient (Wildman–Crippen LogP) is 3.51. The number of amidine groups is 1. The minimum absolute atomic E-state index is 0.00443. The Hall–Kier alpha value is -3.35. The van der Waals surface area contributed by atoms with Gasteiger partial charge in [-0.05, 0) is 75.2 Å². The first-order chi connectivity index (χ1) is 14.1. The highest BCUT2D eigenvalue weighted by atomic mass is 16.6. The van der Waals surface area contributed by atoms with Gasteiger partial charge in [-0.3, -0.25) is 15.0 Å². The summed E-state index contributed by atoms with van der Waals surface area (Å²) >= 11 is 0. The number of nitrogens with one attached hydrogen (secondary N) is 2. The van der Waals surface area contributed by atoms with Gasteiger partial charge in [-0.25, -0.2) is 0 Å². The maximum atomic E-state index is 12.6. The van der Waals surface area contributed by atoms with Crippen molar-refractivity contribution in [2.75, 3.05) is 11.9 Å². The molecule has 1 amide bonds. The van der Waals surface area contributed by atoms with Crippen molar-refractivity contribution in [2.24, 2.45) is 11.7 Å². The van der Waals surface area contributed by atoms with Crippen LogP contribution in [0.1, 0.15) is 48.7 Å². The Balaban J connectivity index is 1.66. The first kappa shape index (κ1) is 21.4. The molecule has 1 unspecified atom stereocenters. The van der Waals surface area contributed by atoms with E-state index in [1.807, 2.05) is 20.8 Å². The van der Waals surface area contributed by atoms with Crippen LogP contribution in [0.25, 0.3) is 0 Å². The van der Waals surface area contributed by atoms with Gasteiger partial charge in [0.25, 0.3) is 5.91 Å². The first-order valence-electron chi connectivity index (χ1n) is 9.84. The van der Waals surface area contributed by atoms with Crippen LogP contribution in [0.15, 0.2) is 42.5 Å². The van der Waals surface area contributed by atoms with Gasteiger partial charge in [0, 0.05) is 22.7 Å². The van der Waals surface area contributed by atoms with Crippen molar-refractivity contribution in [1.82, 2.24) is 0 Å². The molecule has 1 aliphatic rings. The smallest absolute Gasteiger partial charge is 0.306 e. The van der Waals surface area contributed by atoms with E-state index in [1.165, 1.54) is 0 Å². The molecular formula is C23H27N3O4. The molecule has 1 aliphatic heterocycles. The summed E-state index contributed by atoms with van der Waals surface area (Å²) in [4.78, 5) is 24.8. The second kappa shape index (κ2) is 8.57. The number of hydrogen-bond donors (Lipinski definition) is 3. The molecule has 0 fully saturated rings. The molecule has 30 heavy (non-hydrogen) atoms. The fourth-order valence-electron chi connectivity index (χ4n) is 3.28. The van der Waals surface area contributed by atoms with Gasteiger partial charge in [-0.15, -0.1) is 0 Å². The highest BCUT2D eigenvalue weighted by Gasteiger charge is 2.26. The van der Waals surface area contributed by atoms with Crippen LogP contribution >= 0.6 is 0 Å². The van der Waals surface area contributed by atoms with Crippen molar-refractivity contribution in [3.8, 4) is 5.75 Å². The fourth-order valence-corrected chi connectivity index (χ4v) is 3.28. The van der Waals surface area contributed by atoms with Crippen LogP contribution in [0.5, 0.6) is 5.75 Å². The number of ether oxygens (including phenoxy) is 2. The molecule has 1 atom stereocenters. The molecule has 0 bridgehead atoms. The van der Waals surface area contributed by atoms with Crippen molar-refractivity contribution < 1.29 is 19.1 Å². The fraction of sp³-hybridized carbons (Fsp3) is 0.348. The number of rotatable bonds is 5. The quantitative estimate of drug-likeness (QED) is 0.397. The van der Waals surface area contributed by atoms with E-state index in [2.05, 4.69) is 5.32 Å². The third-order valence-corrected chi connectivity index (χ3v) is 4.63. The minimum atomic E-state index is -0.515. The molecule has 0 saturated carbocycles. The normalized spacial score (nSPS) is 15.5. The highest BCUT2D eigenvalue weighted by molar-refractivity contribution is 6.04. The lowest BCUT2D eigenvalue weighted by Crippen LogP contribution is -2.29. The van der Waals surface area contributed by atoms with E-state index in [4.69, 9.17) is 20.6 Å². The predicted molar refractivity (Wildman–Crippen MR) is 115 cm³/mol. The molecule has 0 aromatic heterocycles. The van der Waals surface area contributed by atoms with Gasteiger partial charge in [-0.1, -0.05) is 0 Å². The Morgan fingerprint density at radius 1 is 1.17 bits per heavy atom. The zero-order chi connectivity index (χ0) is 21.9. The maximum absolute atomic E-state index is 12.6. The van der Waals surface area contributed by atoms with E-state index in [1.54, 1.807) is 42.5 Å². The zero-order valence-electron chi connectivity index (χ0n) is 17.5. The number of anilines is 1. The summed E-state index contributed by atoms with van der Waals surface area (Å²) in [6, 6.07) is 12.1. The number of benzene rings is 2. The lowest BCUT2D eigenvalue weighted by molar-refractivity contribution is -0.156. The van der Waals surface area contributed by atoms with Gasteiger partial charge >= 0.3 is 5.97 Å². The molecule has 3 rings (SSSR count). The maximum Gasteiger partial charge on any atom is 0.306 e. The summed E-state index contributed by atoms with van der Waals surface area (Å²) < 4.78 is 11.2. The second-order valence-electron chi connectivity index (χ2n) is 8.44. The van der Waals surface area contributed by atoms with Crippen LogP contribution in [0.4, 0.5) is 5.69 Å². The lowest BCUT2D eigenvalue weighted by atomic mass is 9.92. The van der Waals surface area contributed by atoms with Crippen molar-refractivity contribution in [3.05, 3.63) is 59.2 Å². The van der Waals surface area contributed by atoms with Gasteiger partial charge in [0.2, 0.25) is 0 Å². The molecule has 7 nitrogen and oxygen atoms in total. The van der Waals surface area contributed by atoms with Gasteiger partial charge in [0.1, 0.15) is 17.2 Å². The van der Waals surface area contributed by atoms with Crippen LogP contribution < -0.4 is 15.8 Å². The lowest BCUT2D eigenvalue weighted by Gasteiger charge is -2.26. The standard InChI is InChI=1S/C23H27N3O4/c1-23(2,3)30-20(27)11-14-10-17-12-16(6-9-19(17)29-13-14)22(28)26-18-7-4-15(5-8-18)21(24)25/h4-9,12,14H,10-11,13H2,1-3H3,(H3,24,25)(H,26,28). The summed E-state index contributed by atoms with van der Waals surface area (Å²) in [7, 11) is 0. The SMILES string of the molecule is CC(C)(C)OC(=O)CC1COc2ccc(C(=O)Nc3ccc(C(=N)N)cc3)cc2C1. The summed E-state index contributed by atoms with van der Waals surface area (Å²) in [6.45, 7) is 5.97. The number of carbonyl (C=O) groups excluding carboxylic acids is 2. The summed E-state index contributed by atoms with van der Waals surface area (Å²) in [5, 5.41) is 10.3. The Morgan fingerprint density at radius 2 is 1.83 bits per heavy atom. The van der Waals surface area contributed by atoms with Crippen LogP contribution in [0.3, 0.4) is 0 Å². The minimum Gasteiger partial charge on any atom is -0.493 e. The number of carbonyl (C=O) groups is 2. The first-order valence-corrected chi connectivity index (χ1v) is 9.84. The molecule has 1 heterocycles. The molecule has 0 spiro atoms. The number of hydrogen-bond acceptors (Lipinski definition) is 5. The molecule has 7 heteroatoms. The molecular weight excluding hydrogens is 382 g/mol. The third kappa shape index (κ3) is 5.59. The van der Waals surface area contributed by atoms with Crippen LogP contribution in [-0.2, 0) is 16.0 Å². The van der Waals surface area contributed by atoms with Crippen molar-refractivity contribution in [2.45, 2.75) is 39.2 Å². The number of fused-ring (bicyclic) bond motifs is 1. The van der Waals surface area contributed by atoms with Gasteiger partial charge in [0.05, 0.1) is 13.0 Å². The number of nitrogens with two attached hydrogens (primary N) is 1. The van der Waals surface area contributed by atoms with Crippen LogP contribution in [-0.4, -0.2) is 29.9 Å². The van der Waals surface area contributed by atoms with Crippen LogP contribution in [0, 0.1) is 11.3 Å². The summed E-state index contributed by atoms with van der Waals surface area (Å²) in [5.41, 5.74) is 7.54. The largest absolute Gasteiger partial charge is 0.493 e. The summed E-state index contributed by atoms with van der Waals surface area (Å²) in [5.74, 6) is 0.219. The molecule has 4 N–H and O–H groups in total. The van der Waals surface area contributed by atoms with Gasteiger partial charge < -0.3 is 20.5 Å². The average Bonchev–Trinajstić information content (AvgIpc) is 2.66. The zero-order valence-corrected chi connectivity index (χ0v) is 17.5. The highest BCUT2D eigenvalue weighted by Crippen LogP contribution is 2.30. The van der Waals surface area contributed by atoms with E-state index in [9.17, 15) is 9.59 Å². The molecule has 2 aromatic carbocycles. The number of amides is 1. The number of nitrogen functional groups attached to an aromatic ring is 1. The summed E-state index contributed by atoms with van der Waals surface area (Å²) in [6.07, 6.45) is 0.915. The Labute approximate surface area is 176 Å². The average molecular weight is 409 g/mol. The molecule has 0 saturated heterocycles. The number of esters is 1. The van der Waals surface area contributed by atoms with Gasteiger partial charge in [-0.2, -0.15) is 0 Å². The van der Waals surface area contributed by atoms with Crippen LogP contribution in [0.2, 0.25) is 0 Å². The van der Waals surface area contributed by atoms with Gasteiger partial charge in [0.15, 0.2) is 0 Å². The Kier molecular flexibility index (Phi) is 6.10. The van der Waals surface area contributed by atoms with Crippen molar-refractivity contribution in [1.29, 1.82) is 5.41 Å². The third-order valence-electron chi connectivity index (χ3n) is 4.63.